The highest BCUT2D eigenvalue weighted by Gasteiger charge is 2.53. The molecule has 254 valence electrons. The van der Waals surface area contributed by atoms with E-state index in [2.05, 4.69) is 55.7 Å². The number of hydrogen-bond donors (Lipinski definition) is 2. The van der Waals surface area contributed by atoms with Crippen LogP contribution in [0.2, 0.25) is 0 Å². The monoisotopic (exact) mass is 659 g/mol. The summed E-state index contributed by atoms with van der Waals surface area (Å²) < 4.78 is 13.5. The number of carbonyl (C=O) groups is 3. The summed E-state index contributed by atoms with van der Waals surface area (Å²) in [4.78, 5) is 43.4. The van der Waals surface area contributed by atoms with Crippen molar-refractivity contribution >= 4 is 17.7 Å². The summed E-state index contributed by atoms with van der Waals surface area (Å²) in [6.45, 7) is 6.85. The minimum Gasteiger partial charge on any atom is -0.347 e. The number of fused-ring (bicyclic) bond motifs is 3. The molecule has 49 heavy (non-hydrogen) atoms. The van der Waals surface area contributed by atoms with Gasteiger partial charge in [0, 0.05) is 30.1 Å². The quantitative estimate of drug-likeness (QED) is 0.191. The molecule has 0 unspecified atom stereocenters. The van der Waals surface area contributed by atoms with E-state index < -0.39 is 11.5 Å². The van der Waals surface area contributed by atoms with Crippen molar-refractivity contribution in [3.63, 3.8) is 0 Å². The molecule has 0 heterocycles. The molecule has 2 N–H and O–H groups in total. The second-order valence-electron chi connectivity index (χ2n) is 15.0. The van der Waals surface area contributed by atoms with Gasteiger partial charge >= 0.3 is 0 Å². The number of rotatable bonds is 9. The summed E-state index contributed by atoms with van der Waals surface area (Å²) in [6.07, 6.45) is 4.00. The fourth-order valence-electron chi connectivity index (χ4n) is 7.48. The zero-order chi connectivity index (χ0) is 34.8. The molecule has 3 saturated carbocycles. The number of likely N-dealkylation sites (N-methyl/N-ethyl adjacent to an activating group) is 1. The first-order valence-corrected chi connectivity index (χ1v) is 17.3. The van der Waals surface area contributed by atoms with Gasteiger partial charge in [-0.25, -0.2) is 4.39 Å². The topological polar surface area (TPSA) is 78.5 Å². The van der Waals surface area contributed by atoms with Crippen molar-refractivity contribution in [3.05, 3.63) is 131 Å². The number of amides is 3. The van der Waals surface area contributed by atoms with Crippen LogP contribution in [0.1, 0.15) is 92.4 Å². The van der Waals surface area contributed by atoms with Crippen LogP contribution in [-0.2, 0) is 21.5 Å². The molecule has 6 nitrogen and oxygen atoms in total. The van der Waals surface area contributed by atoms with Gasteiger partial charge in [0.25, 0.3) is 5.91 Å². The molecular weight excluding hydrogens is 613 g/mol. The Kier molecular flexibility index (Phi) is 9.47. The lowest BCUT2D eigenvalue weighted by atomic mass is 9.56. The second kappa shape index (κ2) is 13.6. The van der Waals surface area contributed by atoms with E-state index in [0.717, 1.165) is 16.7 Å². The van der Waals surface area contributed by atoms with Gasteiger partial charge in [-0.15, -0.1) is 0 Å². The van der Waals surface area contributed by atoms with Crippen molar-refractivity contribution in [1.29, 1.82) is 0 Å². The predicted octanol–water partition coefficient (Wildman–Crippen LogP) is 8.13. The van der Waals surface area contributed by atoms with Gasteiger partial charge < -0.3 is 15.5 Å². The van der Waals surface area contributed by atoms with Crippen LogP contribution in [0.5, 0.6) is 0 Å². The van der Waals surface area contributed by atoms with E-state index in [9.17, 15) is 18.8 Å². The Morgan fingerprint density at radius 1 is 0.776 bits per heavy atom. The molecule has 0 aliphatic heterocycles. The number of nitrogens with zero attached hydrogens (tertiary/aromatic N) is 1. The zero-order valence-corrected chi connectivity index (χ0v) is 28.9. The van der Waals surface area contributed by atoms with Gasteiger partial charge in [-0.1, -0.05) is 106 Å². The van der Waals surface area contributed by atoms with Gasteiger partial charge in [-0.2, -0.15) is 0 Å². The Bertz CT molecular complexity index is 1790. The molecule has 7 rings (SSSR count). The lowest BCUT2D eigenvalue weighted by Gasteiger charge is -2.52. The third-order valence-electron chi connectivity index (χ3n) is 10.7. The standard InChI is InChI=1S/C42H46FN3O3/c1-40(2,3)32-18-16-30(17-19-32)34-12-8-9-13-35(34)37(47)45-42-25-22-41(23-26-42,24-27-42)39(49)44-36(31-10-6-5-7-11-31)38(48)46(4)28-29-14-20-33(43)21-15-29/h5-21,36H,22-28H2,1-4H3,(H,44,49)(H,45,47)/t36-,41?,42?/m0/s1. The van der Waals surface area contributed by atoms with Crippen molar-refractivity contribution in [2.24, 2.45) is 5.41 Å². The molecule has 0 aromatic heterocycles. The molecular formula is C42H46FN3O3. The van der Waals surface area contributed by atoms with E-state index >= 15 is 0 Å². The van der Waals surface area contributed by atoms with E-state index in [-0.39, 0.29) is 41.0 Å². The van der Waals surface area contributed by atoms with Crippen LogP contribution in [-0.4, -0.2) is 35.2 Å². The number of halogens is 1. The van der Waals surface area contributed by atoms with Crippen molar-refractivity contribution in [2.45, 2.75) is 82.8 Å². The highest BCUT2D eigenvalue weighted by molar-refractivity contribution is 6.01. The Labute approximate surface area is 289 Å². The Morgan fingerprint density at radius 2 is 1.37 bits per heavy atom. The minimum atomic E-state index is -0.851. The van der Waals surface area contributed by atoms with Crippen LogP contribution in [0.4, 0.5) is 4.39 Å². The van der Waals surface area contributed by atoms with Gasteiger partial charge in [0.15, 0.2) is 0 Å². The molecule has 1 atom stereocenters. The Morgan fingerprint density at radius 3 is 1.98 bits per heavy atom. The summed E-state index contributed by atoms with van der Waals surface area (Å²) in [5, 5.41) is 6.55. The number of carbonyl (C=O) groups excluding carboxylic acids is 3. The summed E-state index contributed by atoms with van der Waals surface area (Å²) in [5.74, 6) is -0.774. The highest BCUT2D eigenvalue weighted by Crippen LogP contribution is 2.53. The van der Waals surface area contributed by atoms with Gasteiger partial charge in [0.05, 0.1) is 0 Å². The molecule has 4 aromatic carbocycles. The average Bonchev–Trinajstić information content (AvgIpc) is 3.12. The van der Waals surface area contributed by atoms with E-state index in [4.69, 9.17) is 0 Å². The Balaban J connectivity index is 1.14. The van der Waals surface area contributed by atoms with E-state index in [1.54, 1.807) is 24.1 Å². The van der Waals surface area contributed by atoms with E-state index in [1.807, 2.05) is 54.6 Å². The first kappa shape index (κ1) is 34.1. The van der Waals surface area contributed by atoms with Gasteiger partial charge in [0.2, 0.25) is 11.8 Å². The molecule has 2 bridgehead atoms. The Hall–Kier alpha value is -4.78. The molecule has 7 heteroatoms. The molecule has 0 saturated heterocycles. The van der Waals surface area contributed by atoms with Gasteiger partial charge in [0.1, 0.15) is 11.9 Å². The third kappa shape index (κ3) is 7.31. The van der Waals surface area contributed by atoms with Crippen LogP contribution >= 0.6 is 0 Å². The van der Waals surface area contributed by atoms with Crippen molar-refractivity contribution in [2.75, 3.05) is 7.05 Å². The molecule has 0 radical (unpaired) electrons. The van der Waals surface area contributed by atoms with Gasteiger partial charge in [-0.3, -0.25) is 14.4 Å². The largest absolute Gasteiger partial charge is 0.347 e. The van der Waals surface area contributed by atoms with Crippen LogP contribution in [0.25, 0.3) is 11.1 Å². The van der Waals surface area contributed by atoms with E-state index in [1.165, 1.54) is 17.7 Å². The van der Waals surface area contributed by atoms with Crippen LogP contribution in [0, 0.1) is 11.2 Å². The van der Waals surface area contributed by atoms with Crippen LogP contribution in [0.3, 0.4) is 0 Å². The number of hydrogen-bond acceptors (Lipinski definition) is 3. The SMILES string of the molecule is CN(Cc1ccc(F)cc1)C(=O)[C@@H](NC(=O)C12CCC(NC(=O)c3ccccc3-c3ccc(C(C)(C)C)cc3)(CC1)CC2)c1ccccc1. The molecule has 3 fully saturated rings. The first-order valence-electron chi connectivity index (χ1n) is 17.3. The fraction of sp³-hybridized carbons (Fsp3) is 0.357. The summed E-state index contributed by atoms with van der Waals surface area (Å²) in [6, 6.07) is 30.7. The fourth-order valence-corrected chi connectivity index (χ4v) is 7.48. The van der Waals surface area contributed by atoms with Crippen LogP contribution < -0.4 is 10.6 Å². The minimum absolute atomic E-state index is 0.0438. The zero-order valence-electron chi connectivity index (χ0n) is 28.9. The summed E-state index contributed by atoms with van der Waals surface area (Å²) in [5.41, 5.74) is 4.38. The second-order valence-corrected chi connectivity index (χ2v) is 15.0. The van der Waals surface area contributed by atoms with Crippen molar-refractivity contribution in [1.82, 2.24) is 15.5 Å². The molecule has 3 aliphatic carbocycles. The van der Waals surface area contributed by atoms with Gasteiger partial charge in [-0.05, 0) is 90.0 Å². The maximum Gasteiger partial charge on any atom is 0.252 e. The van der Waals surface area contributed by atoms with E-state index in [0.29, 0.717) is 49.7 Å². The maximum atomic E-state index is 14.1. The molecule has 4 aromatic rings. The predicted molar refractivity (Wildman–Crippen MR) is 191 cm³/mol. The lowest BCUT2D eigenvalue weighted by molar-refractivity contribution is -0.143. The summed E-state index contributed by atoms with van der Waals surface area (Å²) in [7, 11) is 1.70. The molecule has 0 spiro atoms. The maximum absolute atomic E-state index is 14.1. The number of nitrogens with one attached hydrogen (secondary N) is 2. The summed E-state index contributed by atoms with van der Waals surface area (Å²) >= 11 is 0. The lowest BCUT2D eigenvalue weighted by Crippen LogP contribution is -2.60. The molecule has 3 amide bonds. The average molecular weight is 660 g/mol. The number of benzene rings is 4. The highest BCUT2D eigenvalue weighted by atomic mass is 19.1. The first-order chi connectivity index (χ1) is 23.4. The molecule has 3 aliphatic rings. The third-order valence-corrected chi connectivity index (χ3v) is 10.7. The van der Waals surface area contributed by atoms with Crippen molar-refractivity contribution < 1.29 is 18.8 Å². The normalized spacial score (nSPS) is 20.7. The smallest absolute Gasteiger partial charge is 0.252 e. The van der Waals surface area contributed by atoms with Crippen molar-refractivity contribution in [3.8, 4) is 11.1 Å². The van der Waals surface area contributed by atoms with Crippen LogP contribution in [0.15, 0.2) is 103 Å².